The van der Waals surface area contributed by atoms with Crippen LogP contribution in [0.15, 0.2) is 60.7 Å². The van der Waals surface area contributed by atoms with E-state index in [-0.39, 0.29) is 19.6 Å². The third kappa shape index (κ3) is 6.77. The molecule has 2 aromatic carbocycles. The normalized spacial score (nSPS) is 11.8. The van der Waals surface area contributed by atoms with Gasteiger partial charge in [-0.15, -0.1) is 0 Å². The Bertz CT molecular complexity index is 816. The van der Waals surface area contributed by atoms with Crippen molar-refractivity contribution in [1.29, 1.82) is 0 Å². The van der Waals surface area contributed by atoms with Crippen LogP contribution in [0.2, 0.25) is 0 Å². The van der Waals surface area contributed by atoms with E-state index in [1.165, 1.54) is 6.08 Å². The zero-order valence-corrected chi connectivity index (χ0v) is 15.5. The van der Waals surface area contributed by atoms with Crippen LogP contribution < -0.4 is 10.1 Å². The van der Waals surface area contributed by atoms with E-state index in [4.69, 9.17) is 19.7 Å². The third-order valence-electron chi connectivity index (χ3n) is 3.77. The van der Waals surface area contributed by atoms with Crippen LogP contribution in [0.4, 0.5) is 10.5 Å². The number of hydrogen-bond acceptors (Lipinski definition) is 5. The van der Waals surface area contributed by atoms with Crippen LogP contribution in [0.5, 0.6) is 5.75 Å². The van der Waals surface area contributed by atoms with E-state index >= 15 is 0 Å². The van der Waals surface area contributed by atoms with Crippen molar-refractivity contribution in [2.24, 2.45) is 0 Å². The molecule has 0 fully saturated rings. The molecule has 3 N–H and O–H groups in total. The molecule has 2 aromatic rings. The molecule has 0 aliphatic carbocycles. The highest BCUT2D eigenvalue weighted by Gasteiger charge is 2.20. The number of aliphatic carboxylic acids is 1. The number of para-hydroxylation sites is 1. The summed E-state index contributed by atoms with van der Waals surface area (Å²) in [6.45, 7) is 1.87. The number of hydrogen-bond donors (Lipinski definition) is 3. The van der Waals surface area contributed by atoms with Crippen LogP contribution in [-0.4, -0.2) is 35.5 Å². The van der Waals surface area contributed by atoms with Crippen LogP contribution in [0.3, 0.4) is 0 Å². The molecule has 0 spiro atoms. The molecule has 0 unspecified atom stereocenters. The fraction of sp³-hybridized carbons (Fsp3) is 0.238. The van der Waals surface area contributed by atoms with Crippen LogP contribution >= 0.6 is 0 Å². The number of carbonyl (C=O) groups excluding carboxylic acids is 1. The summed E-state index contributed by atoms with van der Waals surface area (Å²) in [7, 11) is 0. The highest BCUT2D eigenvalue weighted by Crippen LogP contribution is 2.31. The van der Waals surface area contributed by atoms with E-state index < -0.39 is 18.2 Å². The Hall–Kier alpha value is -3.32. The van der Waals surface area contributed by atoms with Gasteiger partial charge in [0.15, 0.2) is 0 Å². The number of aliphatic hydroxyl groups excluding tert-OH is 1. The van der Waals surface area contributed by atoms with Gasteiger partial charge in [-0.25, -0.2) is 9.59 Å². The standard InChI is InChI=1S/C21H23NO6/c1-15-9-11-16(12-10-15)22-21(26)28-19(7-4-8-20(24)25)17-5-2-3-6-18(17)27-14-13-23/h2-6,8-12,19,23H,7,13-14H2,1H3,(H,22,26)(H,24,25)/b8-4+/t19-/m1/s1. The molecule has 0 aliphatic rings. The molecule has 7 nitrogen and oxygen atoms in total. The molecule has 1 amide bonds. The molecule has 1 atom stereocenters. The maximum absolute atomic E-state index is 12.3. The number of rotatable bonds is 9. The Morgan fingerprint density at radius 1 is 1.14 bits per heavy atom. The Morgan fingerprint density at radius 3 is 2.54 bits per heavy atom. The van der Waals surface area contributed by atoms with E-state index in [1.54, 1.807) is 36.4 Å². The number of aliphatic hydroxyl groups is 1. The van der Waals surface area contributed by atoms with Crippen LogP contribution in [0.1, 0.15) is 23.7 Å². The van der Waals surface area contributed by atoms with Gasteiger partial charge in [-0.05, 0) is 25.1 Å². The van der Waals surface area contributed by atoms with Gasteiger partial charge in [0.2, 0.25) is 0 Å². The van der Waals surface area contributed by atoms with Crippen molar-refractivity contribution < 1.29 is 29.3 Å². The second-order valence-electron chi connectivity index (χ2n) is 5.97. The fourth-order valence-corrected chi connectivity index (χ4v) is 2.48. The smallest absolute Gasteiger partial charge is 0.412 e. The number of ether oxygens (including phenoxy) is 2. The minimum atomic E-state index is -1.09. The van der Waals surface area contributed by atoms with Crippen molar-refractivity contribution in [3.05, 3.63) is 71.8 Å². The largest absolute Gasteiger partial charge is 0.491 e. The Morgan fingerprint density at radius 2 is 1.86 bits per heavy atom. The summed E-state index contributed by atoms with van der Waals surface area (Å²) in [5.74, 6) is -0.638. The molecule has 2 rings (SSSR count). The Kier molecular flexibility index (Phi) is 8.05. The predicted molar refractivity (Wildman–Crippen MR) is 104 cm³/mol. The topological polar surface area (TPSA) is 105 Å². The van der Waals surface area contributed by atoms with Crippen LogP contribution in [-0.2, 0) is 9.53 Å². The molecule has 7 heteroatoms. The zero-order valence-electron chi connectivity index (χ0n) is 15.5. The number of carbonyl (C=O) groups is 2. The number of aryl methyl sites for hydroxylation is 1. The molecular weight excluding hydrogens is 362 g/mol. The van der Waals surface area contributed by atoms with Gasteiger partial charge in [-0.2, -0.15) is 0 Å². The minimum Gasteiger partial charge on any atom is -0.491 e. The Labute approximate surface area is 163 Å². The highest BCUT2D eigenvalue weighted by atomic mass is 16.6. The van der Waals surface area contributed by atoms with Gasteiger partial charge in [-0.3, -0.25) is 5.32 Å². The lowest BCUT2D eigenvalue weighted by Crippen LogP contribution is -2.18. The second-order valence-corrected chi connectivity index (χ2v) is 5.97. The quantitative estimate of drug-likeness (QED) is 0.569. The maximum Gasteiger partial charge on any atom is 0.412 e. The van der Waals surface area contributed by atoms with Gasteiger partial charge in [0.1, 0.15) is 18.5 Å². The number of amides is 1. The fourth-order valence-electron chi connectivity index (χ4n) is 2.48. The molecule has 0 radical (unpaired) electrons. The van der Waals surface area contributed by atoms with Gasteiger partial charge in [0.05, 0.1) is 6.61 Å². The first-order chi connectivity index (χ1) is 13.5. The summed E-state index contributed by atoms with van der Waals surface area (Å²) in [6.07, 6.45) is 1.11. The maximum atomic E-state index is 12.3. The van der Waals surface area contributed by atoms with Crippen molar-refractivity contribution in [3.63, 3.8) is 0 Å². The number of nitrogens with one attached hydrogen (secondary N) is 1. The summed E-state index contributed by atoms with van der Waals surface area (Å²) < 4.78 is 11.0. The van der Waals surface area contributed by atoms with Crippen molar-refractivity contribution >= 4 is 17.7 Å². The van der Waals surface area contributed by atoms with Gasteiger partial charge >= 0.3 is 12.1 Å². The molecule has 0 aliphatic heterocycles. The first-order valence-corrected chi connectivity index (χ1v) is 8.76. The summed E-state index contributed by atoms with van der Waals surface area (Å²) >= 11 is 0. The van der Waals surface area contributed by atoms with Gasteiger partial charge in [0.25, 0.3) is 0 Å². The van der Waals surface area contributed by atoms with E-state index in [1.807, 2.05) is 19.1 Å². The molecule has 28 heavy (non-hydrogen) atoms. The van der Waals surface area contributed by atoms with Crippen LogP contribution in [0, 0.1) is 6.92 Å². The molecule has 0 aromatic heterocycles. The van der Waals surface area contributed by atoms with E-state index in [9.17, 15) is 9.59 Å². The minimum absolute atomic E-state index is 0.0876. The molecule has 0 heterocycles. The number of carboxylic acids is 1. The van der Waals surface area contributed by atoms with Crippen molar-refractivity contribution in [2.75, 3.05) is 18.5 Å². The monoisotopic (exact) mass is 385 g/mol. The number of benzene rings is 2. The Balaban J connectivity index is 2.18. The predicted octanol–water partition coefficient (Wildman–Crippen LogP) is 3.69. The van der Waals surface area contributed by atoms with E-state index in [0.29, 0.717) is 17.0 Å². The first-order valence-electron chi connectivity index (χ1n) is 8.76. The van der Waals surface area contributed by atoms with Crippen molar-refractivity contribution in [3.8, 4) is 5.75 Å². The van der Waals surface area contributed by atoms with Crippen LogP contribution in [0.25, 0.3) is 0 Å². The highest BCUT2D eigenvalue weighted by molar-refractivity contribution is 5.84. The average Bonchev–Trinajstić information content (AvgIpc) is 2.67. The molecule has 0 bridgehead atoms. The molecular formula is C21H23NO6. The summed E-state index contributed by atoms with van der Waals surface area (Å²) in [5.41, 5.74) is 2.22. The third-order valence-corrected chi connectivity index (χ3v) is 3.77. The van der Waals surface area contributed by atoms with Crippen molar-refractivity contribution in [2.45, 2.75) is 19.4 Å². The summed E-state index contributed by atoms with van der Waals surface area (Å²) in [5, 5.41) is 20.4. The summed E-state index contributed by atoms with van der Waals surface area (Å²) in [6, 6.07) is 14.2. The lowest BCUT2D eigenvalue weighted by Gasteiger charge is -2.20. The molecule has 0 saturated heterocycles. The summed E-state index contributed by atoms with van der Waals surface area (Å²) in [4.78, 5) is 23.1. The number of anilines is 1. The SMILES string of the molecule is Cc1ccc(NC(=O)O[C@H](C/C=C/C(=O)O)c2ccccc2OCCO)cc1. The lowest BCUT2D eigenvalue weighted by atomic mass is 10.0. The lowest BCUT2D eigenvalue weighted by molar-refractivity contribution is -0.131. The van der Waals surface area contributed by atoms with Crippen molar-refractivity contribution in [1.82, 2.24) is 0 Å². The van der Waals surface area contributed by atoms with Gasteiger partial charge in [-0.1, -0.05) is 42.0 Å². The van der Waals surface area contributed by atoms with Gasteiger partial charge < -0.3 is 19.7 Å². The molecule has 148 valence electrons. The van der Waals surface area contributed by atoms with E-state index in [2.05, 4.69) is 5.32 Å². The van der Waals surface area contributed by atoms with Gasteiger partial charge in [0, 0.05) is 23.7 Å². The molecule has 0 saturated carbocycles. The van der Waals surface area contributed by atoms with E-state index in [0.717, 1.165) is 11.6 Å². The average molecular weight is 385 g/mol. The number of carboxylic acid groups (broad SMARTS) is 1. The first kappa shape index (κ1) is 21.0. The zero-order chi connectivity index (χ0) is 20.4. The second kappa shape index (κ2) is 10.7.